The summed E-state index contributed by atoms with van der Waals surface area (Å²) in [6.45, 7) is 3.70. The molecule has 2 N–H and O–H groups in total. The first-order valence-electron chi connectivity index (χ1n) is 5.88. The quantitative estimate of drug-likeness (QED) is 0.920. The van der Waals surface area contributed by atoms with Gasteiger partial charge in [0.25, 0.3) is 5.91 Å². The summed E-state index contributed by atoms with van der Waals surface area (Å²) in [7, 11) is -2.58. The molecule has 0 spiro atoms. The molecule has 1 unspecified atom stereocenters. The van der Waals surface area contributed by atoms with E-state index in [0.29, 0.717) is 12.5 Å². The molecule has 1 amide bonds. The lowest BCUT2D eigenvalue weighted by Gasteiger charge is -2.24. The Bertz CT molecular complexity index is 634. The van der Waals surface area contributed by atoms with Gasteiger partial charge in [0.1, 0.15) is 5.82 Å². The molecule has 0 radical (unpaired) electrons. The molecular weight excluding hydrogens is 307 g/mol. The second-order valence-corrected chi connectivity index (χ2v) is 6.42. The van der Waals surface area contributed by atoms with Gasteiger partial charge in [0.05, 0.1) is 15.5 Å². The standard InChI is InChI=1S/C12H16ClFN2O3S/c1-4-7(2)16(3)12(17)9-5-8(20(15,18)19)6-10(14)11(9)13/h5-7H,4H2,1-3H3,(H2,15,18,19). The molecule has 20 heavy (non-hydrogen) atoms. The minimum atomic E-state index is -4.12. The summed E-state index contributed by atoms with van der Waals surface area (Å²) < 4.78 is 36.2. The molecule has 0 saturated heterocycles. The van der Waals surface area contributed by atoms with Crippen LogP contribution in [0.15, 0.2) is 17.0 Å². The van der Waals surface area contributed by atoms with Crippen molar-refractivity contribution in [2.45, 2.75) is 31.2 Å². The molecule has 0 aliphatic heterocycles. The average Bonchev–Trinajstić information content (AvgIpc) is 2.37. The van der Waals surface area contributed by atoms with E-state index in [-0.39, 0.29) is 11.6 Å². The summed E-state index contributed by atoms with van der Waals surface area (Å²) in [5.74, 6) is -1.56. The van der Waals surface area contributed by atoms with Crippen LogP contribution in [0.25, 0.3) is 0 Å². The highest BCUT2D eigenvalue weighted by Crippen LogP contribution is 2.25. The Balaban J connectivity index is 3.38. The van der Waals surface area contributed by atoms with Crippen LogP contribution in [0.1, 0.15) is 30.6 Å². The first kappa shape index (κ1) is 16.9. The zero-order chi connectivity index (χ0) is 15.7. The lowest BCUT2D eigenvalue weighted by atomic mass is 10.1. The van der Waals surface area contributed by atoms with Crippen LogP contribution >= 0.6 is 11.6 Å². The van der Waals surface area contributed by atoms with Crippen molar-refractivity contribution < 1.29 is 17.6 Å². The number of rotatable bonds is 4. The number of benzene rings is 1. The lowest BCUT2D eigenvalue weighted by molar-refractivity contribution is 0.0740. The van der Waals surface area contributed by atoms with Gasteiger partial charge in [-0.1, -0.05) is 18.5 Å². The maximum absolute atomic E-state index is 13.7. The van der Waals surface area contributed by atoms with E-state index in [1.807, 2.05) is 13.8 Å². The first-order chi connectivity index (χ1) is 9.09. The van der Waals surface area contributed by atoms with E-state index >= 15 is 0 Å². The molecule has 0 aliphatic carbocycles. The van der Waals surface area contributed by atoms with E-state index in [4.69, 9.17) is 16.7 Å². The van der Waals surface area contributed by atoms with E-state index in [9.17, 15) is 17.6 Å². The zero-order valence-electron chi connectivity index (χ0n) is 11.4. The minimum Gasteiger partial charge on any atom is -0.339 e. The van der Waals surface area contributed by atoms with Gasteiger partial charge in [0.2, 0.25) is 10.0 Å². The Morgan fingerprint density at radius 1 is 1.50 bits per heavy atom. The normalized spacial score (nSPS) is 13.1. The van der Waals surface area contributed by atoms with E-state index in [0.717, 1.165) is 6.07 Å². The maximum atomic E-state index is 13.7. The highest BCUT2D eigenvalue weighted by molar-refractivity contribution is 7.89. The lowest BCUT2D eigenvalue weighted by Crippen LogP contribution is -2.35. The summed E-state index contributed by atoms with van der Waals surface area (Å²) in [4.78, 5) is 13.1. The Labute approximate surface area is 122 Å². The van der Waals surface area contributed by atoms with Gasteiger partial charge in [0.15, 0.2) is 0 Å². The summed E-state index contributed by atoms with van der Waals surface area (Å²) in [6, 6.07) is 1.58. The summed E-state index contributed by atoms with van der Waals surface area (Å²) in [6.07, 6.45) is 0.692. The van der Waals surface area contributed by atoms with E-state index in [2.05, 4.69) is 0 Å². The molecule has 0 fully saturated rings. The van der Waals surface area contributed by atoms with Gasteiger partial charge in [-0.2, -0.15) is 0 Å². The van der Waals surface area contributed by atoms with Crippen LogP contribution in [0.3, 0.4) is 0 Å². The Hall–Kier alpha value is -1.18. The fourth-order valence-corrected chi connectivity index (χ4v) is 2.29. The molecule has 1 aromatic carbocycles. The third-order valence-corrected chi connectivity index (χ3v) is 4.41. The summed E-state index contributed by atoms with van der Waals surface area (Å²) in [5, 5.41) is 4.53. The van der Waals surface area contributed by atoms with Crippen LogP contribution in [-0.4, -0.2) is 32.3 Å². The van der Waals surface area contributed by atoms with Gasteiger partial charge in [0, 0.05) is 13.1 Å². The van der Waals surface area contributed by atoms with Crippen molar-refractivity contribution in [1.82, 2.24) is 4.90 Å². The molecule has 0 aromatic heterocycles. The third-order valence-electron chi connectivity index (χ3n) is 3.13. The summed E-state index contributed by atoms with van der Waals surface area (Å²) >= 11 is 5.74. The second-order valence-electron chi connectivity index (χ2n) is 4.48. The van der Waals surface area contributed by atoms with E-state index < -0.39 is 31.7 Å². The van der Waals surface area contributed by atoms with Crippen molar-refractivity contribution in [3.8, 4) is 0 Å². The van der Waals surface area contributed by atoms with Crippen LogP contribution in [0, 0.1) is 5.82 Å². The minimum absolute atomic E-state index is 0.0974. The van der Waals surface area contributed by atoms with Crippen molar-refractivity contribution in [2.75, 3.05) is 7.05 Å². The van der Waals surface area contributed by atoms with Gasteiger partial charge in [-0.25, -0.2) is 17.9 Å². The fraction of sp³-hybridized carbons (Fsp3) is 0.417. The number of carbonyl (C=O) groups is 1. The number of halogens is 2. The number of nitrogens with zero attached hydrogens (tertiary/aromatic N) is 1. The Morgan fingerprint density at radius 3 is 2.50 bits per heavy atom. The molecule has 8 heteroatoms. The highest BCUT2D eigenvalue weighted by Gasteiger charge is 2.23. The fourth-order valence-electron chi connectivity index (χ4n) is 1.55. The van der Waals surface area contributed by atoms with Crippen molar-refractivity contribution in [3.63, 3.8) is 0 Å². The topological polar surface area (TPSA) is 80.5 Å². The molecule has 0 bridgehead atoms. The monoisotopic (exact) mass is 322 g/mol. The van der Waals surface area contributed by atoms with Crippen LogP contribution in [-0.2, 0) is 10.0 Å². The number of sulfonamides is 1. The zero-order valence-corrected chi connectivity index (χ0v) is 12.9. The molecule has 112 valence electrons. The molecule has 5 nitrogen and oxygen atoms in total. The molecule has 1 atom stereocenters. The molecule has 1 aromatic rings. The molecule has 0 heterocycles. The van der Waals surface area contributed by atoms with Crippen LogP contribution in [0.4, 0.5) is 4.39 Å². The number of hydrogen-bond acceptors (Lipinski definition) is 3. The SMILES string of the molecule is CCC(C)N(C)C(=O)c1cc(S(N)(=O)=O)cc(F)c1Cl. The van der Waals surface area contributed by atoms with Gasteiger partial charge in [-0.3, -0.25) is 4.79 Å². The summed E-state index contributed by atoms with van der Waals surface area (Å²) in [5.41, 5.74) is -0.224. The van der Waals surface area contributed by atoms with Gasteiger partial charge < -0.3 is 4.90 Å². The number of hydrogen-bond donors (Lipinski definition) is 1. The Kier molecular flexibility index (Phi) is 5.12. The number of carbonyl (C=O) groups excluding carboxylic acids is 1. The number of nitrogens with two attached hydrogens (primary N) is 1. The number of amides is 1. The first-order valence-corrected chi connectivity index (χ1v) is 7.81. The third kappa shape index (κ3) is 3.47. The average molecular weight is 323 g/mol. The highest BCUT2D eigenvalue weighted by atomic mass is 35.5. The Morgan fingerprint density at radius 2 is 2.05 bits per heavy atom. The number of primary sulfonamides is 1. The molecule has 0 saturated carbocycles. The largest absolute Gasteiger partial charge is 0.339 e. The predicted molar refractivity (Wildman–Crippen MR) is 74.6 cm³/mol. The van der Waals surface area contributed by atoms with E-state index in [1.54, 1.807) is 0 Å². The smallest absolute Gasteiger partial charge is 0.255 e. The predicted octanol–water partition coefficient (Wildman–Crippen LogP) is 2.00. The van der Waals surface area contributed by atoms with Crippen molar-refractivity contribution in [1.29, 1.82) is 0 Å². The van der Waals surface area contributed by atoms with Crippen molar-refractivity contribution in [2.24, 2.45) is 5.14 Å². The molecular formula is C12H16ClFN2O3S. The van der Waals surface area contributed by atoms with Crippen LogP contribution in [0.5, 0.6) is 0 Å². The maximum Gasteiger partial charge on any atom is 0.255 e. The van der Waals surface area contributed by atoms with E-state index in [1.165, 1.54) is 11.9 Å². The van der Waals surface area contributed by atoms with Gasteiger partial charge in [-0.15, -0.1) is 0 Å². The van der Waals surface area contributed by atoms with Gasteiger partial charge in [-0.05, 0) is 25.5 Å². The van der Waals surface area contributed by atoms with Gasteiger partial charge >= 0.3 is 0 Å². The molecule has 1 rings (SSSR count). The molecule has 0 aliphatic rings. The van der Waals surface area contributed by atoms with Crippen molar-refractivity contribution >= 4 is 27.5 Å². The van der Waals surface area contributed by atoms with Crippen LogP contribution in [0.2, 0.25) is 5.02 Å². The van der Waals surface area contributed by atoms with Crippen molar-refractivity contribution in [3.05, 3.63) is 28.5 Å². The second kappa shape index (κ2) is 6.07. The van der Waals surface area contributed by atoms with Crippen LogP contribution < -0.4 is 5.14 Å².